The minimum atomic E-state index is -1.34. The molecular formula is C11H19NO8. The number of carboxylic acids is 1. The van der Waals surface area contributed by atoms with Crippen LogP contribution in [-0.4, -0.2) is 70.6 Å². The van der Waals surface area contributed by atoms with Gasteiger partial charge in [0.25, 0.3) is 0 Å². The normalized spacial score (nSPS) is 35.4. The van der Waals surface area contributed by atoms with Gasteiger partial charge in [-0.1, -0.05) is 0 Å². The molecule has 1 saturated heterocycles. The zero-order chi connectivity index (χ0) is 15.4. The molecule has 5 N–H and O–H groups in total. The van der Waals surface area contributed by atoms with Gasteiger partial charge in [0, 0.05) is 6.92 Å². The lowest BCUT2D eigenvalue weighted by atomic mass is 9.97. The minimum Gasteiger partial charge on any atom is -0.479 e. The monoisotopic (exact) mass is 293 g/mol. The van der Waals surface area contributed by atoms with Crippen LogP contribution in [0.5, 0.6) is 0 Å². The number of ether oxygens (including phenoxy) is 3. The van der Waals surface area contributed by atoms with E-state index in [2.05, 4.69) is 0 Å². The van der Waals surface area contributed by atoms with Gasteiger partial charge in [0.15, 0.2) is 6.10 Å². The molecular weight excluding hydrogens is 274 g/mol. The van der Waals surface area contributed by atoms with Crippen LogP contribution in [0.15, 0.2) is 0 Å². The molecule has 0 aromatic carbocycles. The molecule has 0 bridgehead atoms. The molecule has 1 heterocycles. The molecule has 0 aliphatic carbocycles. The van der Waals surface area contributed by atoms with Crippen LogP contribution >= 0.6 is 0 Å². The van der Waals surface area contributed by atoms with Gasteiger partial charge in [0.1, 0.15) is 18.3 Å². The Hall–Kier alpha value is -1.26. The molecule has 0 aromatic rings. The van der Waals surface area contributed by atoms with Gasteiger partial charge < -0.3 is 35.3 Å². The van der Waals surface area contributed by atoms with Crippen LogP contribution in [0.25, 0.3) is 0 Å². The lowest BCUT2D eigenvalue weighted by Crippen LogP contribution is -2.64. The minimum absolute atomic E-state index is 0.563. The summed E-state index contributed by atoms with van der Waals surface area (Å²) in [5.74, 6) is -1.90. The fraction of sp³-hybridized carbons (Fsp3) is 0.818. The number of nitrogens with two attached hydrogens (primary N) is 1. The summed E-state index contributed by atoms with van der Waals surface area (Å²) in [5.41, 5.74) is 5.77. The first-order valence-corrected chi connectivity index (χ1v) is 6.03. The van der Waals surface area contributed by atoms with Gasteiger partial charge in [-0.15, -0.1) is 0 Å². The largest absolute Gasteiger partial charge is 0.479 e. The smallest absolute Gasteiger partial charge is 0.332 e. The highest BCUT2D eigenvalue weighted by Gasteiger charge is 2.46. The van der Waals surface area contributed by atoms with Crippen LogP contribution in [0.2, 0.25) is 0 Å². The van der Waals surface area contributed by atoms with Crippen molar-refractivity contribution in [3.05, 3.63) is 0 Å². The summed E-state index contributed by atoms with van der Waals surface area (Å²) in [6.07, 6.45) is -6.06. The zero-order valence-electron chi connectivity index (χ0n) is 11.1. The highest BCUT2D eigenvalue weighted by Crippen LogP contribution is 2.24. The van der Waals surface area contributed by atoms with E-state index in [-0.39, 0.29) is 0 Å². The van der Waals surface area contributed by atoms with Crippen molar-refractivity contribution in [2.75, 3.05) is 6.61 Å². The fourth-order valence-electron chi connectivity index (χ4n) is 1.82. The number of rotatable bonds is 5. The first-order chi connectivity index (χ1) is 9.27. The Morgan fingerprint density at radius 2 is 2.05 bits per heavy atom. The maximum absolute atomic E-state index is 11.0. The lowest BCUT2D eigenvalue weighted by molar-refractivity contribution is -0.269. The van der Waals surface area contributed by atoms with Gasteiger partial charge in [-0.05, 0) is 6.92 Å². The van der Waals surface area contributed by atoms with Crippen molar-refractivity contribution in [1.29, 1.82) is 0 Å². The average Bonchev–Trinajstić information content (AvgIpc) is 2.36. The standard InChI is InChI=1S/C11H19NO8/c1-4(10(16)17)18-9-7(12)11(19-5(2)14)20-6(3-13)8(9)15/h4,6-9,11,13,15H,3,12H2,1-2H3,(H,16,17)/t4?,6-,7-,8-,9-,11?/m1/s1. The summed E-state index contributed by atoms with van der Waals surface area (Å²) in [4.78, 5) is 21.7. The highest BCUT2D eigenvalue weighted by atomic mass is 16.7. The molecule has 1 fully saturated rings. The molecule has 1 aliphatic heterocycles. The van der Waals surface area contributed by atoms with Crippen molar-refractivity contribution >= 4 is 11.9 Å². The number of carboxylic acid groups (broad SMARTS) is 1. The van der Waals surface area contributed by atoms with Gasteiger partial charge in [0.05, 0.1) is 12.6 Å². The van der Waals surface area contributed by atoms with Crippen LogP contribution in [0.3, 0.4) is 0 Å². The SMILES string of the molecule is CC(=O)OC1O[C@H](CO)[C@@H](O)[C@H](OC(C)C(=O)O)[C@H]1N. The van der Waals surface area contributed by atoms with E-state index in [0.717, 1.165) is 6.92 Å². The summed E-state index contributed by atoms with van der Waals surface area (Å²) in [6, 6.07) is -1.08. The molecule has 6 atom stereocenters. The van der Waals surface area contributed by atoms with Crippen molar-refractivity contribution in [3.63, 3.8) is 0 Å². The predicted molar refractivity (Wildman–Crippen MR) is 63.5 cm³/mol. The molecule has 0 radical (unpaired) electrons. The van der Waals surface area contributed by atoms with E-state index < -0.39 is 55.3 Å². The van der Waals surface area contributed by atoms with Gasteiger partial charge >= 0.3 is 11.9 Å². The molecule has 0 amide bonds. The number of esters is 1. The van der Waals surface area contributed by atoms with Crippen molar-refractivity contribution in [3.8, 4) is 0 Å². The third kappa shape index (κ3) is 3.87. The van der Waals surface area contributed by atoms with E-state index >= 15 is 0 Å². The number of aliphatic carboxylic acids is 1. The van der Waals surface area contributed by atoms with Gasteiger partial charge in [0.2, 0.25) is 6.29 Å². The second-order valence-corrected chi connectivity index (χ2v) is 4.48. The number of aliphatic hydroxyl groups excluding tert-OH is 2. The summed E-state index contributed by atoms with van der Waals surface area (Å²) in [6.45, 7) is 1.85. The summed E-state index contributed by atoms with van der Waals surface area (Å²) in [5, 5.41) is 27.9. The van der Waals surface area contributed by atoms with E-state index in [9.17, 15) is 14.7 Å². The Labute approximate surface area is 115 Å². The number of aliphatic hydroxyl groups is 2. The van der Waals surface area contributed by atoms with E-state index in [0.29, 0.717) is 0 Å². The number of hydrogen-bond acceptors (Lipinski definition) is 8. The van der Waals surface area contributed by atoms with Crippen LogP contribution < -0.4 is 5.73 Å². The molecule has 20 heavy (non-hydrogen) atoms. The summed E-state index contributed by atoms with van der Waals surface area (Å²) < 4.78 is 15.1. The van der Waals surface area contributed by atoms with E-state index in [4.69, 9.17) is 30.2 Å². The van der Waals surface area contributed by atoms with Crippen molar-refractivity contribution < 1.29 is 39.1 Å². The van der Waals surface area contributed by atoms with Crippen LogP contribution in [0.4, 0.5) is 0 Å². The van der Waals surface area contributed by atoms with Gasteiger partial charge in [-0.3, -0.25) is 4.79 Å². The van der Waals surface area contributed by atoms with Crippen LogP contribution in [-0.2, 0) is 23.8 Å². The molecule has 1 aliphatic rings. The lowest BCUT2D eigenvalue weighted by Gasteiger charge is -2.42. The number of carbonyl (C=O) groups excluding carboxylic acids is 1. The maximum Gasteiger partial charge on any atom is 0.332 e. The molecule has 0 saturated carbocycles. The van der Waals surface area contributed by atoms with Gasteiger partial charge in [-0.2, -0.15) is 0 Å². The quantitative estimate of drug-likeness (QED) is 0.415. The Morgan fingerprint density at radius 1 is 1.45 bits per heavy atom. The third-order valence-corrected chi connectivity index (χ3v) is 2.89. The topological polar surface area (TPSA) is 149 Å². The first-order valence-electron chi connectivity index (χ1n) is 6.03. The van der Waals surface area contributed by atoms with Crippen molar-refractivity contribution in [2.45, 2.75) is 50.6 Å². The average molecular weight is 293 g/mol. The van der Waals surface area contributed by atoms with E-state index in [1.807, 2.05) is 0 Å². The summed E-state index contributed by atoms with van der Waals surface area (Å²) >= 11 is 0. The molecule has 0 spiro atoms. The maximum atomic E-state index is 11.0. The highest BCUT2D eigenvalue weighted by molar-refractivity contribution is 5.71. The Morgan fingerprint density at radius 3 is 2.50 bits per heavy atom. The van der Waals surface area contributed by atoms with E-state index in [1.54, 1.807) is 0 Å². The molecule has 0 aromatic heterocycles. The molecule has 9 nitrogen and oxygen atoms in total. The van der Waals surface area contributed by atoms with Crippen molar-refractivity contribution in [1.82, 2.24) is 0 Å². The molecule has 2 unspecified atom stereocenters. The number of carbonyl (C=O) groups is 2. The first kappa shape index (κ1) is 16.8. The van der Waals surface area contributed by atoms with Crippen LogP contribution in [0, 0.1) is 0 Å². The third-order valence-electron chi connectivity index (χ3n) is 2.89. The second kappa shape index (κ2) is 6.95. The Kier molecular flexibility index (Phi) is 5.84. The van der Waals surface area contributed by atoms with Gasteiger partial charge in [-0.25, -0.2) is 4.79 Å². The van der Waals surface area contributed by atoms with Crippen molar-refractivity contribution in [2.24, 2.45) is 5.73 Å². The molecule has 116 valence electrons. The fourth-order valence-corrected chi connectivity index (χ4v) is 1.82. The Bertz CT molecular complexity index is 362. The Balaban J connectivity index is 2.86. The van der Waals surface area contributed by atoms with E-state index in [1.165, 1.54) is 6.92 Å². The predicted octanol–water partition coefficient (Wildman–Crippen LogP) is -2.19. The molecule has 1 rings (SSSR count). The summed E-state index contributed by atoms with van der Waals surface area (Å²) in [7, 11) is 0. The number of hydrogen-bond donors (Lipinski definition) is 4. The van der Waals surface area contributed by atoms with Crippen LogP contribution in [0.1, 0.15) is 13.8 Å². The second-order valence-electron chi connectivity index (χ2n) is 4.48. The zero-order valence-corrected chi connectivity index (χ0v) is 11.1. The molecule has 9 heteroatoms.